The predicted octanol–water partition coefficient (Wildman–Crippen LogP) is 4.05. The van der Waals surface area contributed by atoms with Gasteiger partial charge in [0.05, 0.1) is 6.54 Å². The highest BCUT2D eigenvalue weighted by molar-refractivity contribution is 7.80. The molecular formula is C18H14ClFN2OS. The average molecular weight is 361 g/mol. The van der Waals surface area contributed by atoms with Crippen LogP contribution in [0.3, 0.4) is 0 Å². The van der Waals surface area contributed by atoms with E-state index in [1.165, 1.54) is 11.0 Å². The summed E-state index contributed by atoms with van der Waals surface area (Å²) in [6.07, 6.45) is 1.66. The zero-order valence-corrected chi connectivity index (χ0v) is 14.4. The van der Waals surface area contributed by atoms with Crippen molar-refractivity contribution in [2.45, 2.75) is 13.5 Å². The highest BCUT2D eigenvalue weighted by Crippen LogP contribution is 2.22. The highest BCUT2D eigenvalue weighted by atomic mass is 35.5. The molecule has 0 aromatic heterocycles. The van der Waals surface area contributed by atoms with Crippen LogP contribution in [-0.2, 0) is 11.3 Å². The van der Waals surface area contributed by atoms with Gasteiger partial charge in [0.15, 0.2) is 5.11 Å². The first kappa shape index (κ1) is 16.6. The fourth-order valence-corrected chi connectivity index (χ4v) is 2.89. The van der Waals surface area contributed by atoms with E-state index in [0.717, 1.165) is 11.1 Å². The van der Waals surface area contributed by atoms with Gasteiger partial charge in [-0.2, -0.15) is 0 Å². The molecule has 0 spiro atoms. The summed E-state index contributed by atoms with van der Waals surface area (Å²) in [7, 11) is 0. The molecule has 2 aromatic rings. The van der Waals surface area contributed by atoms with E-state index in [0.29, 0.717) is 27.9 Å². The average Bonchev–Trinajstić information content (AvgIpc) is 2.80. The molecule has 122 valence electrons. The molecule has 0 aliphatic carbocycles. The second-order valence-corrected chi connectivity index (χ2v) is 6.27. The van der Waals surface area contributed by atoms with E-state index in [1.54, 1.807) is 31.2 Å². The number of hydrogen-bond acceptors (Lipinski definition) is 2. The standard InChI is InChI=1S/C18H14ClFN2OS/c1-11-8-12(6-7-15(11)20)9-16-17(23)22(18(24)21-16)10-13-4-2-3-5-14(13)19/h2-9H,10H2,1H3,(H,21,24)/b16-9-. The number of nitrogens with zero attached hydrogens (tertiary/aromatic N) is 1. The minimum Gasteiger partial charge on any atom is -0.328 e. The molecule has 2 aromatic carbocycles. The monoisotopic (exact) mass is 360 g/mol. The van der Waals surface area contributed by atoms with E-state index < -0.39 is 0 Å². The van der Waals surface area contributed by atoms with Gasteiger partial charge < -0.3 is 5.32 Å². The SMILES string of the molecule is Cc1cc(/C=C2\NC(=S)N(Cc3ccccc3Cl)C2=O)ccc1F. The lowest BCUT2D eigenvalue weighted by atomic mass is 10.1. The summed E-state index contributed by atoms with van der Waals surface area (Å²) in [6, 6.07) is 12.0. The van der Waals surface area contributed by atoms with E-state index in [9.17, 15) is 9.18 Å². The third-order valence-electron chi connectivity index (χ3n) is 3.74. The maximum absolute atomic E-state index is 13.3. The number of thiocarbonyl (C=S) groups is 1. The van der Waals surface area contributed by atoms with E-state index in [2.05, 4.69) is 5.32 Å². The Hall–Kier alpha value is -2.24. The number of carbonyl (C=O) groups excluding carboxylic acids is 1. The van der Waals surface area contributed by atoms with E-state index in [-0.39, 0.29) is 11.7 Å². The summed E-state index contributed by atoms with van der Waals surface area (Å²) in [6.45, 7) is 1.97. The van der Waals surface area contributed by atoms with Crippen LogP contribution in [0.2, 0.25) is 5.02 Å². The fraction of sp³-hybridized carbons (Fsp3) is 0.111. The Bertz CT molecular complexity index is 866. The fourth-order valence-electron chi connectivity index (χ4n) is 2.44. The Morgan fingerprint density at radius 1 is 1.29 bits per heavy atom. The smallest absolute Gasteiger partial charge is 0.276 e. The van der Waals surface area contributed by atoms with Crippen LogP contribution in [0.4, 0.5) is 4.39 Å². The number of amides is 1. The van der Waals surface area contributed by atoms with Crippen LogP contribution in [0.1, 0.15) is 16.7 Å². The molecule has 1 saturated heterocycles. The van der Waals surface area contributed by atoms with Gasteiger partial charge in [-0.05, 0) is 60.1 Å². The van der Waals surface area contributed by atoms with Gasteiger partial charge in [-0.1, -0.05) is 35.9 Å². The first-order valence-electron chi connectivity index (χ1n) is 7.30. The normalized spacial score (nSPS) is 16.0. The van der Waals surface area contributed by atoms with Gasteiger partial charge in [0.1, 0.15) is 11.5 Å². The third-order valence-corrected chi connectivity index (χ3v) is 4.43. The van der Waals surface area contributed by atoms with Crippen molar-refractivity contribution in [3.8, 4) is 0 Å². The number of nitrogens with one attached hydrogen (secondary N) is 1. The van der Waals surface area contributed by atoms with Gasteiger partial charge in [0.2, 0.25) is 0 Å². The van der Waals surface area contributed by atoms with Crippen LogP contribution in [0.25, 0.3) is 6.08 Å². The predicted molar refractivity (Wildman–Crippen MR) is 96.8 cm³/mol. The highest BCUT2D eigenvalue weighted by Gasteiger charge is 2.30. The van der Waals surface area contributed by atoms with Gasteiger partial charge in [0.25, 0.3) is 5.91 Å². The number of aryl methyl sites for hydroxylation is 1. The Balaban J connectivity index is 1.84. The molecule has 3 nitrogen and oxygen atoms in total. The molecule has 24 heavy (non-hydrogen) atoms. The number of benzene rings is 2. The zero-order valence-electron chi connectivity index (χ0n) is 12.8. The van der Waals surface area contributed by atoms with Crippen LogP contribution >= 0.6 is 23.8 Å². The van der Waals surface area contributed by atoms with Crippen LogP contribution in [0, 0.1) is 12.7 Å². The van der Waals surface area contributed by atoms with Gasteiger partial charge in [-0.15, -0.1) is 0 Å². The van der Waals surface area contributed by atoms with Crippen molar-refractivity contribution < 1.29 is 9.18 Å². The number of hydrogen-bond donors (Lipinski definition) is 1. The molecule has 1 aliphatic rings. The van der Waals surface area contributed by atoms with E-state index >= 15 is 0 Å². The van der Waals surface area contributed by atoms with Gasteiger partial charge >= 0.3 is 0 Å². The molecule has 1 fully saturated rings. The number of halogens is 2. The number of carbonyl (C=O) groups is 1. The summed E-state index contributed by atoms with van der Waals surface area (Å²) in [4.78, 5) is 14.0. The van der Waals surface area contributed by atoms with Crippen LogP contribution in [0.5, 0.6) is 0 Å². The molecule has 1 amide bonds. The lowest BCUT2D eigenvalue weighted by Crippen LogP contribution is -2.30. The molecule has 1 N–H and O–H groups in total. The van der Waals surface area contributed by atoms with Crippen LogP contribution in [-0.4, -0.2) is 15.9 Å². The van der Waals surface area contributed by atoms with E-state index in [1.807, 2.05) is 18.2 Å². The minimum atomic E-state index is -0.279. The Kier molecular flexibility index (Phi) is 4.64. The Morgan fingerprint density at radius 3 is 2.75 bits per heavy atom. The largest absolute Gasteiger partial charge is 0.328 e. The Morgan fingerprint density at radius 2 is 2.04 bits per heavy atom. The first-order valence-corrected chi connectivity index (χ1v) is 8.08. The maximum Gasteiger partial charge on any atom is 0.276 e. The second kappa shape index (κ2) is 6.71. The van der Waals surface area contributed by atoms with Crippen molar-refractivity contribution in [2.75, 3.05) is 0 Å². The van der Waals surface area contributed by atoms with Crippen LogP contribution < -0.4 is 5.32 Å². The molecular weight excluding hydrogens is 347 g/mol. The molecule has 0 saturated carbocycles. The van der Waals surface area contributed by atoms with Crippen molar-refractivity contribution in [1.82, 2.24) is 10.2 Å². The molecule has 0 radical (unpaired) electrons. The minimum absolute atomic E-state index is 0.234. The summed E-state index contributed by atoms with van der Waals surface area (Å²) >= 11 is 11.4. The Labute approximate surface area is 149 Å². The first-order chi connectivity index (χ1) is 11.5. The topological polar surface area (TPSA) is 32.3 Å². The molecule has 1 heterocycles. The molecule has 0 unspecified atom stereocenters. The summed E-state index contributed by atoms with van der Waals surface area (Å²) in [5, 5.41) is 3.82. The van der Waals surface area contributed by atoms with Crippen LogP contribution in [0.15, 0.2) is 48.2 Å². The lowest BCUT2D eigenvalue weighted by Gasteiger charge is -2.14. The molecule has 0 atom stereocenters. The van der Waals surface area contributed by atoms with Gasteiger partial charge in [0, 0.05) is 5.02 Å². The lowest BCUT2D eigenvalue weighted by molar-refractivity contribution is -0.122. The van der Waals surface area contributed by atoms with Crippen molar-refractivity contribution in [2.24, 2.45) is 0 Å². The maximum atomic E-state index is 13.3. The van der Waals surface area contributed by atoms with E-state index in [4.69, 9.17) is 23.8 Å². The number of rotatable bonds is 3. The summed E-state index contributed by atoms with van der Waals surface area (Å²) in [5.41, 5.74) is 2.42. The molecule has 0 bridgehead atoms. The molecule has 6 heteroatoms. The second-order valence-electron chi connectivity index (χ2n) is 5.48. The molecule has 1 aliphatic heterocycles. The van der Waals surface area contributed by atoms with Crippen molar-refractivity contribution in [3.05, 3.63) is 75.7 Å². The zero-order chi connectivity index (χ0) is 17.3. The van der Waals surface area contributed by atoms with Crippen molar-refractivity contribution in [1.29, 1.82) is 0 Å². The third kappa shape index (κ3) is 3.32. The summed E-state index contributed by atoms with van der Waals surface area (Å²) in [5.74, 6) is -0.513. The van der Waals surface area contributed by atoms with Crippen molar-refractivity contribution in [3.63, 3.8) is 0 Å². The quantitative estimate of drug-likeness (QED) is 0.662. The van der Waals surface area contributed by atoms with Gasteiger partial charge in [-0.25, -0.2) is 4.39 Å². The molecule has 3 rings (SSSR count). The van der Waals surface area contributed by atoms with Crippen molar-refractivity contribution >= 4 is 40.9 Å². The van der Waals surface area contributed by atoms with Gasteiger partial charge in [-0.3, -0.25) is 9.69 Å². The summed E-state index contributed by atoms with van der Waals surface area (Å²) < 4.78 is 13.3.